The molecule has 3 N–H and O–H groups in total. The van der Waals surface area contributed by atoms with Crippen LogP contribution in [-0.4, -0.2) is 53.2 Å². The average molecular weight is 258 g/mol. The molecule has 6 heteroatoms. The lowest BCUT2D eigenvalue weighted by Crippen LogP contribution is -2.49. The van der Waals surface area contributed by atoms with Crippen LogP contribution in [0, 0.1) is 0 Å². The maximum atomic E-state index is 12.0. The number of likely N-dealkylation sites (tertiary alicyclic amines) is 1. The topological polar surface area (TPSA) is 92.9 Å². The summed E-state index contributed by atoms with van der Waals surface area (Å²) in [7, 11) is 0. The fraction of sp³-hybridized carbons (Fsp3) is 0.833. The molecule has 6 nitrogen and oxygen atoms in total. The van der Waals surface area contributed by atoms with E-state index in [4.69, 9.17) is 10.5 Å². The predicted octanol–water partition coefficient (Wildman–Crippen LogP) is -0.360. The minimum Gasteiger partial charge on any atom is -0.464 e. The summed E-state index contributed by atoms with van der Waals surface area (Å²) < 4.78 is 4.73. The summed E-state index contributed by atoms with van der Waals surface area (Å²) in [6.45, 7) is 4.56. The number of rotatable bonds is 3. The van der Waals surface area contributed by atoms with E-state index in [1.807, 2.05) is 0 Å². The molecule has 0 saturated carbocycles. The Kier molecular flexibility index (Phi) is 5.10. The third-order valence-electron chi connectivity index (χ3n) is 3.18. The van der Waals surface area contributed by atoms with Gasteiger partial charge in [-0.2, -0.15) is 0 Å². The molecular weight excluding hydrogens is 236 g/mol. The van der Waals surface area contributed by atoms with E-state index in [1.54, 1.807) is 13.8 Å². The van der Waals surface area contributed by atoms with Crippen LogP contribution in [0.2, 0.25) is 0 Å². The van der Waals surface area contributed by atoms with Crippen molar-refractivity contribution in [3.05, 3.63) is 0 Å². The lowest BCUT2D eigenvalue weighted by atomic mass is 9.98. The van der Waals surface area contributed by atoms with Crippen molar-refractivity contribution >= 4 is 11.9 Å². The largest absolute Gasteiger partial charge is 0.464 e. The molecule has 2 unspecified atom stereocenters. The predicted molar refractivity (Wildman–Crippen MR) is 65.7 cm³/mol. The Hall–Kier alpha value is -1.14. The highest BCUT2D eigenvalue weighted by Gasteiger charge is 2.32. The normalized spacial score (nSPS) is 26.3. The highest BCUT2D eigenvalue weighted by molar-refractivity contribution is 6.01. The van der Waals surface area contributed by atoms with Crippen molar-refractivity contribution in [3.8, 4) is 0 Å². The SMILES string of the molecule is CCOC(=O)C(N)C(=O)N1CCCC(C)(O)CC1. The monoisotopic (exact) mass is 258 g/mol. The fourth-order valence-electron chi connectivity index (χ4n) is 2.01. The van der Waals surface area contributed by atoms with Gasteiger partial charge in [0.2, 0.25) is 0 Å². The van der Waals surface area contributed by atoms with E-state index in [-0.39, 0.29) is 6.61 Å². The molecule has 2 atom stereocenters. The third kappa shape index (κ3) is 3.96. The number of ether oxygens (including phenoxy) is 1. The van der Waals surface area contributed by atoms with Crippen LogP contribution in [-0.2, 0) is 14.3 Å². The second kappa shape index (κ2) is 6.15. The van der Waals surface area contributed by atoms with Crippen LogP contribution < -0.4 is 5.73 Å². The van der Waals surface area contributed by atoms with Crippen molar-refractivity contribution in [2.75, 3.05) is 19.7 Å². The molecule has 0 aliphatic carbocycles. The molecule has 0 radical (unpaired) electrons. The van der Waals surface area contributed by atoms with Crippen LogP contribution in [0.3, 0.4) is 0 Å². The summed E-state index contributed by atoms with van der Waals surface area (Å²) in [6, 6.07) is -1.26. The standard InChI is InChI=1S/C12H22N2O4/c1-3-18-11(16)9(13)10(15)14-7-4-5-12(2,17)6-8-14/h9,17H,3-8,13H2,1-2H3. The zero-order valence-corrected chi connectivity index (χ0v) is 11.0. The Morgan fingerprint density at radius 3 is 2.72 bits per heavy atom. The summed E-state index contributed by atoms with van der Waals surface area (Å²) in [5.74, 6) is -1.12. The lowest BCUT2D eigenvalue weighted by Gasteiger charge is -2.24. The van der Waals surface area contributed by atoms with E-state index < -0.39 is 23.5 Å². The number of amides is 1. The highest BCUT2D eigenvalue weighted by Crippen LogP contribution is 2.21. The van der Waals surface area contributed by atoms with Crippen LogP contribution in [0.1, 0.15) is 33.1 Å². The molecule has 0 bridgehead atoms. The van der Waals surface area contributed by atoms with Crippen molar-refractivity contribution < 1.29 is 19.4 Å². The summed E-state index contributed by atoms with van der Waals surface area (Å²) in [6.07, 6.45) is 1.84. The molecule has 1 saturated heterocycles. The van der Waals surface area contributed by atoms with E-state index in [0.717, 1.165) is 0 Å². The lowest BCUT2D eigenvalue weighted by molar-refractivity contribution is -0.150. The van der Waals surface area contributed by atoms with Crippen molar-refractivity contribution in [2.45, 2.75) is 44.8 Å². The molecule has 1 fully saturated rings. The first-order valence-corrected chi connectivity index (χ1v) is 6.31. The fourth-order valence-corrected chi connectivity index (χ4v) is 2.01. The first kappa shape index (κ1) is 14.9. The molecule has 0 aromatic rings. The average Bonchev–Trinajstić information content (AvgIpc) is 2.48. The Morgan fingerprint density at radius 2 is 2.11 bits per heavy atom. The third-order valence-corrected chi connectivity index (χ3v) is 3.18. The molecular formula is C12H22N2O4. The first-order valence-electron chi connectivity index (χ1n) is 6.31. The minimum absolute atomic E-state index is 0.203. The molecule has 18 heavy (non-hydrogen) atoms. The van der Waals surface area contributed by atoms with Crippen molar-refractivity contribution in [3.63, 3.8) is 0 Å². The van der Waals surface area contributed by atoms with E-state index in [0.29, 0.717) is 32.4 Å². The Balaban J connectivity index is 2.58. The van der Waals surface area contributed by atoms with Gasteiger partial charge >= 0.3 is 5.97 Å². The smallest absolute Gasteiger partial charge is 0.332 e. The number of carbonyl (C=O) groups excluding carboxylic acids is 2. The van der Waals surface area contributed by atoms with Gasteiger partial charge in [-0.05, 0) is 33.1 Å². The molecule has 1 aliphatic rings. The zero-order valence-electron chi connectivity index (χ0n) is 11.0. The molecule has 1 heterocycles. The van der Waals surface area contributed by atoms with Crippen molar-refractivity contribution in [1.82, 2.24) is 4.90 Å². The molecule has 1 amide bonds. The van der Waals surface area contributed by atoms with Gasteiger partial charge in [-0.25, -0.2) is 4.79 Å². The number of nitrogens with two attached hydrogens (primary N) is 1. The van der Waals surface area contributed by atoms with E-state index >= 15 is 0 Å². The van der Waals surface area contributed by atoms with Crippen LogP contribution >= 0.6 is 0 Å². The highest BCUT2D eigenvalue weighted by atomic mass is 16.5. The Bertz CT molecular complexity index is 317. The minimum atomic E-state index is -1.26. The van der Waals surface area contributed by atoms with Gasteiger partial charge in [0.1, 0.15) is 0 Å². The van der Waals surface area contributed by atoms with E-state index in [2.05, 4.69) is 0 Å². The van der Waals surface area contributed by atoms with Crippen molar-refractivity contribution in [1.29, 1.82) is 0 Å². The Morgan fingerprint density at radius 1 is 1.44 bits per heavy atom. The number of nitrogens with zero attached hydrogens (tertiary/aromatic N) is 1. The quantitative estimate of drug-likeness (QED) is 0.532. The number of esters is 1. The molecule has 1 rings (SSSR count). The molecule has 0 spiro atoms. The van der Waals surface area contributed by atoms with Gasteiger partial charge in [0.15, 0.2) is 6.04 Å². The molecule has 1 aliphatic heterocycles. The summed E-state index contributed by atoms with van der Waals surface area (Å²) >= 11 is 0. The van der Waals surface area contributed by atoms with Gasteiger partial charge in [0.05, 0.1) is 12.2 Å². The van der Waals surface area contributed by atoms with Gasteiger partial charge < -0.3 is 20.5 Å². The van der Waals surface area contributed by atoms with Gasteiger partial charge in [0, 0.05) is 13.1 Å². The number of hydrogen-bond donors (Lipinski definition) is 2. The summed E-state index contributed by atoms with van der Waals surface area (Å²) in [5.41, 5.74) is 4.82. The second-order valence-electron chi connectivity index (χ2n) is 4.91. The van der Waals surface area contributed by atoms with Gasteiger partial charge in [-0.1, -0.05) is 0 Å². The van der Waals surface area contributed by atoms with Crippen LogP contribution in [0.5, 0.6) is 0 Å². The van der Waals surface area contributed by atoms with Crippen LogP contribution in [0.15, 0.2) is 0 Å². The second-order valence-corrected chi connectivity index (χ2v) is 4.91. The van der Waals surface area contributed by atoms with Crippen LogP contribution in [0.4, 0.5) is 0 Å². The van der Waals surface area contributed by atoms with Gasteiger partial charge in [-0.3, -0.25) is 4.79 Å². The van der Waals surface area contributed by atoms with Gasteiger partial charge in [0.25, 0.3) is 5.91 Å². The molecule has 0 aromatic heterocycles. The molecule has 0 aromatic carbocycles. The molecule has 104 valence electrons. The van der Waals surface area contributed by atoms with Crippen molar-refractivity contribution in [2.24, 2.45) is 5.73 Å². The zero-order chi connectivity index (χ0) is 13.8. The van der Waals surface area contributed by atoms with E-state index in [9.17, 15) is 14.7 Å². The van der Waals surface area contributed by atoms with Crippen LogP contribution in [0.25, 0.3) is 0 Å². The number of aliphatic hydroxyl groups is 1. The summed E-state index contributed by atoms with van der Waals surface area (Å²) in [4.78, 5) is 24.9. The maximum Gasteiger partial charge on any atom is 0.332 e. The Labute approximate surface area is 107 Å². The van der Waals surface area contributed by atoms with E-state index in [1.165, 1.54) is 4.90 Å². The van der Waals surface area contributed by atoms with Gasteiger partial charge in [-0.15, -0.1) is 0 Å². The summed E-state index contributed by atoms with van der Waals surface area (Å²) in [5, 5.41) is 9.93. The number of hydrogen-bond acceptors (Lipinski definition) is 5. The number of carbonyl (C=O) groups is 2. The maximum absolute atomic E-state index is 12.0. The first-order chi connectivity index (χ1) is 8.37.